The Morgan fingerprint density at radius 1 is 1.27 bits per heavy atom. The van der Waals surface area contributed by atoms with Crippen molar-refractivity contribution in [2.24, 2.45) is 0 Å². The first-order valence-electron chi connectivity index (χ1n) is 4.11. The minimum Gasteiger partial charge on any atom is -0.289 e. The van der Waals surface area contributed by atoms with Gasteiger partial charge in [-0.05, 0) is 18.5 Å². The van der Waals surface area contributed by atoms with Crippen LogP contribution < -0.4 is 0 Å². The lowest BCUT2D eigenvalue weighted by atomic mass is 10.4. The average molecular weight is 169 g/mol. The second-order valence-corrected chi connectivity index (χ2v) is 3.49. The highest BCUT2D eigenvalue weighted by molar-refractivity contribution is 8.02. The quantitative estimate of drug-likeness (QED) is 0.638. The van der Waals surface area contributed by atoms with Crippen molar-refractivity contribution in [1.82, 2.24) is 4.90 Å². The monoisotopic (exact) mass is 169 g/mol. The van der Waals surface area contributed by atoms with Gasteiger partial charge < -0.3 is 0 Å². The first-order valence-corrected chi connectivity index (χ1v) is 5.05. The number of thioether (sulfide) groups is 1. The molecule has 0 aromatic rings. The summed E-state index contributed by atoms with van der Waals surface area (Å²) in [6.45, 7) is 6.67. The van der Waals surface area contributed by atoms with Crippen molar-refractivity contribution < 1.29 is 0 Å². The maximum atomic E-state index is 2.44. The van der Waals surface area contributed by atoms with Crippen molar-refractivity contribution in [2.75, 3.05) is 13.1 Å². The summed E-state index contributed by atoms with van der Waals surface area (Å²) in [5.41, 5.74) is 0. The van der Waals surface area contributed by atoms with Crippen LogP contribution in [0, 0.1) is 0 Å². The minimum atomic E-state index is 0.565. The van der Waals surface area contributed by atoms with E-state index in [1.807, 2.05) is 11.8 Å². The van der Waals surface area contributed by atoms with Crippen LogP contribution >= 0.6 is 11.8 Å². The third kappa shape index (κ3) is 2.38. The second-order valence-electron chi connectivity index (χ2n) is 2.46. The third-order valence-electron chi connectivity index (χ3n) is 1.86. The van der Waals surface area contributed by atoms with E-state index in [1.165, 1.54) is 0 Å². The summed E-state index contributed by atoms with van der Waals surface area (Å²) in [6, 6.07) is 0. The predicted molar refractivity (Wildman–Crippen MR) is 52.6 cm³/mol. The molecule has 0 spiro atoms. The highest BCUT2D eigenvalue weighted by Crippen LogP contribution is 2.21. The number of hydrogen-bond acceptors (Lipinski definition) is 2. The van der Waals surface area contributed by atoms with Gasteiger partial charge in [-0.1, -0.05) is 32.1 Å². The number of allylic oxidation sites excluding steroid dienone is 2. The molecule has 1 nitrogen and oxygen atoms in total. The zero-order valence-electron chi connectivity index (χ0n) is 7.16. The lowest BCUT2D eigenvalue weighted by molar-refractivity contribution is 0.315. The molecule has 0 N–H and O–H groups in total. The lowest BCUT2D eigenvalue weighted by Gasteiger charge is -2.26. The summed E-state index contributed by atoms with van der Waals surface area (Å²) in [4.78, 5) is 2.44. The van der Waals surface area contributed by atoms with E-state index in [9.17, 15) is 0 Å². The Kier molecular flexibility index (Phi) is 3.73. The number of hydrogen-bond donors (Lipinski definition) is 0. The molecule has 62 valence electrons. The standard InChI is InChI=1S/C9H15NS/c1-3-10(4-2)9-7-5-6-8-11-9/h5-9H,3-4H2,1-2H3. The Morgan fingerprint density at radius 2 is 2.00 bits per heavy atom. The normalized spacial score (nSPS) is 23.0. The van der Waals surface area contributed by atoms with Crippen molar-refractivity contribution in [1.29, 1.82) is 0 Å². The first-order chi connectivity index (χ1) is 5.38. The van der Waals surface area contributed by atoms with Gasteiger partial charge in [0, 0.05) is 0 Å². The molecular weight excluding hydrogens is 154 g/mol. The molecule has 0 radical (unpaired) electrons. The zero-order valence-corrected chi connectivity index (χ0v) is 7.97. The molecular formula is C9H15NS. The van der Waals surface area contributed by atoms with Gasteiger partial charge in [0.2, 0.25) is 0 Å². The van der Waals surface area contributed by atoms with Crippen molar-refractivity contribution in [3.05, 3.63) is 23.6 Å². The van der Waals surface area contributed by atoms with Crippen molar-refractivity contribution in [3.8, 4) is 0 Å². The molecule has 1 aliphatic rings. The van der Waals surface area contributed by atoms with Gasteiger partial charge in [-0.15, -0.1) is 11.8 Å². The molecule has 0 bridgehead atoms. The topological polar surface area (TPSA) is 3.24 Å². The first kappa shape index (κ1) is 8.88. The molecule has 0 amide bonds. The minimum absolute atomic E-state index is 0.565. The van der Waals surface area contributed by atoms with Crippen LogP contribution in [-0.4, -0.2) is 23.4 Å². The lowest BCUT2D eigenvalue weighted by Crippen LogP contribution is -2.31. The fourth-order valence-electron chi connectivity index (χ4n) is 1.17. The third-order valence-corrected chi connectivity index (χ3v) is 2.90. The van der Waals surface area contributed by atoms with Crippen LogP contribution in [0.15, 0.2) is 23.6 Å². The molecule has 1 unspecified atom stereocenters. The second kappa shape index (κ2) is 4.62. The molecule has 0 aromatic carbocycles. The van der Waals surface area contributed by atoms with E-state index >= 15 is 0 Å². The van der Waals surface area contributed by atoms with Gasteiger partial charge in [0.05, 0.1) is 5.37 Å². The van der Waals surface area contributed by atoms with Crippen LogP contribution in [0.4, 0.5) is 0 Å². The van der Waals surface area contributed by atoms with Gasteiger partial charge in [-0.2, -0.15) is 0 Å². The highest BCUT2D eigenvalue weighted by atomic mass is 32.2. The smallest absolute Gasteiger partial charge is 0.0787 e. The molecule has 0 fully saturated rings. The summed E-state index contributed by atoms with van der Waals surface area (Å²) in [5, 5.41) is 2.72. The maximum Gasteiger partial charge on any atom is 0.0787 e. The highest BCUT2D eigenvalue weighted by Gasteiger charge is 2.11. The average Bonchev–Trinajstić information content (AvgIpc) is 2.09. The van der Waals surface area contributed by atoms with Gasteiger partial charge in [-0.25, -0.2) is 0 Å². The number of rotatable bonds is 3. The fraction of sp³-hybridized carbons (Fsp3) is 0.556. The molecule has 11 heavy (non-hydrogen) atoms. The number of nitrogens with zero attached hydrogens (tertiary/aromatic N) is 1. The Balaban J connectivity index is 2.45. The largest absolute Gasteiger partial charge is 0.289 e. The van der Waals surface area contributed by atoms with E-state index in [1.54, 1.807) is 0 Å². The zero-order chi connectivity index (χ0) is 8.10. The van der Waals surface area contributed by atoms with Crippen LogP contribution in [0.5, 0.6) is 0 Å². The van der Waals surface area contributed by atoms with E-state index in [2.05, 4.69) is 42.4 Å². The van der Waals surface area contributed by atoms with Gasteiger partial charge >= 0.3 is 0 Å². The van der Waals surface area contributed by atoms with E-state index in [0.717, 1.165) is 13.1 Å². The van der Waals surface area contributed by atoms with E-state index in [-0.39, 0.29) is 0 Å². The van der Waals surface area contributed by atoms with E-state index in [0.29, 0.717) is 5.37 Å². The van der Waals surface area contributed by atoms with Crippen LogP contribution in [0.2, 0.25) is 0 Å². The molecule has 1 heterocycles. The van der Waals surface area contributed by atoms with E-state index < -0.39 is 0 Å². The number of likely N-dealkylation sites (N-methyl/N-ethyl adjacent to an activating group) is 1. The molecule has 1 atom stereocenters. The SMILES string of the molecule is CCN(CC)C1C=CC=CS1. The fourth-order valence-corrected chi connectivity index (χ4v) is 2.16. The Morgan fingerprint density at radius 3 is 2.45 bits per heavy atom. The van der Waals surface area contributed by atoms with Crippen molar-refractivity contribution >= 4 is 11.8 Å². The van der Waals surface area contributed by atoms with Crippen molar-refractivity contribution in [3.63, 3.8) is 0 Å². The molecule has 1 rings (SSSR count). The Hall–Kier alpha value is -0.210. The maximum absolute atomic E-state index is 2.44. The van der Waals surface area contributed by atoms with Crippen LogP contribution in [0.1, 0.15) is 13.8 Å². The molecule has 0 aliphatic carbocycles. The van der Waals surface area contributed by atoms with Crippen LogP contribution in [0.25, 0.3) is 0 Å². The molecule has 0 saturated carbocycles. The summed E-state index contributed by atoms with van der Waals surface area (Å²) >= 11 is 1.88. The van der Waals surface area contributed by atoms with Gasteiger partial charge in [0.25, 0.3) is 0 Å². The summed E-state index contributed by atoms with van der Waals surface area (Å²) < 4.78 is 0. The molecule has 0 saturated heterocycles. The van der Waals surface area contributed by atoms with Crippen molar-refractivity contribution in [2.45, 2.75) is 19.2 Å². The predicted octanol–water partition coefficient (Wildman–Crippen LogP) is 2.47. The van der Waals surface area contributed by atoms with Gasteiger partial charge in [-0.3, -0.25) is 4.90 Å². The summed E-state index contributed by atoms with van der Waals surface area (Å²) in [6.07, 6.45) is 6.46. The van der Waals surface area contributed by atoms with Gasteiger partial charge in [0.15, 0.2) is 0 Å². The van der Waals surface area contributed by atoms with Crippen LogP contribution in [0.3, 0.4) is 0 Å². The van der Waals surface area contributed by atoms with Gasteiger partial charge in [0.1, 0.15) is 0 Å². The Bertz CT molecular complexity index is 159. The molecule has 0 aromatic heterocycles. The molecule has 2 heteroatoms. The molecule has 1 aliphatic heterocycles. The van der Waals surface area contributed by atoms with Crippen LogP contribution in [-0.2, 0) is 0 Å². The summed E-state index contributed by atoms with van der Waals surface area (Å²) in [5.74, 6) is 0. The summed E-state index contributed by atoms with van der Waals surface area (Å²) in [7, 11) is 0. The Labute approximate surface area is 73.2 Å². The van der Waals surface area contributed by atoms with E-state index in [4.69, 9.17) is 0 Å².